The number of piperidine rings is 1. The fraction of sp³-hybridized carbons (Fsp3) is 0.303. The van der Waals surface area contributed by atoms with E-state index in [-0.39, 0.29) is 17.8 Å². The van der Waals surface area contributed by atoms with Crippen molar-refractivity contribution in [3.8, 4) is 11.3 Å². The molecule has 0 radical (unpaired) electrons. The van der Waals surface area contributed by atoms with Crippen LogP contribution in [0.5, 0.6) is 0 Å². The number of aromatic nitrogens is 5. The highest BCUT2D eigenvalue weighted by atomic mass is 16.1. The van der Waals surface area contributed by atoms with E-state index in [1.165, 1.54) is 19.3 Å². The van der Waals surface area contributed by atoms with Gasteiger partial charge in [0.15, 0.2) is 5.65 Å². The van der Waals surface area contributed by atoms with Gasteiger partial charge in [-0.1, -0.05) is 56.7 Å². The molecule has 10 heteroatoms. The standard InChI is InChI=1S/C33H37N9O/c1-22(2)28-21-37-42-31(28)39-32(34)40-33(42)36-20-24-9-4-5-10-26(24)30-27-13-12-25(19-23(27)14-15-35-30)38-29(43)11-8-18-41-16-6-3-7-17-41/h4-5,8-15,19,21-22H,3,6-7,16-18,20H2,1-2H3,(H,38,43)(H3,34,36,39,40)/b11-8+. The fourth-order valence-corrected chi connectivity index (χ4v) is 5.62. The quantitative estimate of drug-likeness (QED) is 0.193. The number of hydrogen-bond donors (Lipinski definition) is 3. The summed E-state index contributed by atoms with van der Waals surface area (Å²) < 4.78 is 1.70. The molecule has 1 fully saturated rings. The van der Waals surface area contributed by atoms with Crippen molar-refractivity contribution >= 4 is 39.9 Å². The van der Waals surface area contributed by atoms with E-state index in [9.17, 15) is 4.79 Å². The third-order valence-electron chi connectivity index (χ3n) is 7.86. The van der Waals surface area contributed by atoms with Gasteiger partial charge in [-0.3, -0.25) is 14.7 Å². The third-order valence-corrected chi connectivity index (χ3v) is 7.86. The van der Waals surface area contributed by atoms with Crippen molar-refractivity contribution < 1.29 is 4.79 Å². The van der Waals surface area contributed by atoms with Crippen LogP contribution in [0, 0.1) is 0 Å². The molecule has 0 bridgehead atoms. The highest BCUT2D eigenvalue weighted by molar-refractivity contribution is 6.02. The van der Waals surface area contributed by atoms with Crippen LogP contribution in [0.15, 0.2) is 73.1 Å². The van der Waals surface area contributed by atoms with Crippen molar-refractivity contribution in [3.63, 3.8) is 0 Å². The molecule has 1 saturated heterocycles. The lowest BCUT2D eigenvalue weighted by Crippen LogP contribution is -2.29. The maximum atomic E-state index is 12.6. The van der Waals surface area contributed by atoms with Crippen LogP contribution in [0.4, 0.5) is 17.6 Å². The summed E-state index contributed by atoms with van der Waals surface area (Å²) in [5.41, 5.74) is 11.4. The van der Waals surface area contributed by atoms with Crippen LogP contribution in [0.25, 0.3) is 27.7 Å². The van der Waals surface area contributed by atoms with Crippen molar-refractivity contribution in [2.75, 3.05) is 36.0 Å². The minimum Gasteiger partial charge on any atom is -0.368 e. The number of anilines is 3. The van der Waals surface area contributed by atoms with Gasteiger partial charge in [-0.05, 0) is 61.0 Å². The highest BCUT2D eigenvalue weighted by Gasteiger charge is 2.16. The maximum absolute atomic E-state index is 12.6. The molecule has 0 spiro atoms. The molecule has 2 aromatic carbocycles. The van der Waals surface area contributed by atoms with E-state index in [0.29, 0.717) is 18.1 Å². The van der Waals surface area contributed by atoms with Crippen molar-refractivity contribution in [1.29, 1.82) is 0 Å². The van der Waals surface area contributed by atoms with Crippen LogP contribution >= 0.6 is 0 Å². The molecule has 4 N–H and O–H groups in total. The molecular formula is C33H37N9O. The van der Waals surface area contributed by atoms with Gasteiger partial charge in [0.2, 0.25) is 17.8 Å². The Bertz CT molecular complexity index is 1790. The Morgan fingerprint density at radius 2 is 1.91 bits per heavy atom. The minimum absolute atomic E-state index is 0.126. The van der Waals surface area contributed by atoms with E-state index < -0.39 is 0 Å². The molecule has 43 heavy (non-hydrogen) atoms. The number of pyridine rings is 1. The summed E-state index contributed by atoms with van der Waals surface area (Å²) in [5.74, 6) is 0.856. The Kier molecular flexibility index (Phi) is 8.28. The van der Waals surface area contributed by atoms with Gasteiger partial charge in [0.05, 0.1) is 11.9 Å². The Morgan fingerprint density at radius 3 is 2.74 bits per heavy atom. The van der Waals surface area contributed by atoms with Gasteiger partial charge in [0, 0.05) is 47.6 Å². The zero-order chi connectivity index (χ0) is 29.8. The van der Waals surface area contributed by atoms with E-state index >= 15 is 0 Å². The van der Waals surface area contributed by atoms with Crippen LogP contribution < -0.4 is 16.4 Å². The number of carbonyl (C=O) groups is 1. The molecule has 0 aliphatic carbocycles. The number of nitrogen functional groups attached to an aromatic ring is 1. The van der Waals surface area contributed by atoms with Crippen LogP contribution in [-0.4, -0.2) is 55.0 Å². The molecule has 10 nitrogen and oxygen atoms in total. The van der Waals surface area contributed by atoms with Gasteiger partial charge in [0.25, 0.3) is 0 Å². The van der Waals surface area contributed by atoms with E-state index in [4.69, 9.17) is 10.7 Å². The third kappa shape index (κ3) is 6.34. The number of nitrogens with one attached hydrogen (secondary N) is 2. The van der Waals surface area contributed by atoms with Gasteiger partial charge >= 0.3 is 0 Å². The van der Waals surface area contributed by atoms with Crippen molar-refractivity contribution in [1.82, 2.24) is 29.5 Å². The van der Waals surface area contributed by atoms with Crippen molar-refractivity contribution in [3.05, 3.63) is 84.2 Å². The van der Waals surface area contributed by atoms with Crippen molar-refractivity contribution in [2.24, 2.45) is 0 Å². The molecule has 0 atom stereocenters. The fourth-order valence-electron chi connectivity index (χ4n) is 5.62. The molecule has 5 aromatic rings. The average Bonchev–Trinajstić information content (AvgIpc) is 3.44. The first-order chi connectivity index (χ1) is 21.0. The first kappa shape index (κ1) is 28.3. The Balaban J connectivity index is 1.21. The van der Waals surface area contributed by atoms with Gasteiger partial charge in [-0.2, -0.15) is 19.6 Å². The monoisotopic (exact) mass is 575 g/mol. The summed E-state index contributed by atoms with van der Waals surface area (Å²) in [6.45, 7) is 7.70. The normalized spacial score (nSPS) is 14.2. The number of amides is 1. The summed E-state index contributed by atoms with van der Waals surface area (Å²) >= 11 is 0. The van der Waals surface area contributed by atoms with E-state index in [1.807, 2.05) is 48.7 Å². The summed E-state index contributed by atoms with van der Waals surface area (Å²) in [5, 5.41) is 12.9. The second kappa shape index (κ2) is 12.6. The number of carbonyl (C=O) groups excluding carboxylic acids is 1. The summed E-state index contributed by atoms with van der Waals surface area (Å²) in [7, 11) is 0. The topological polar surface area (TPSA) is 126 Å². The molecular weight excluding hydrogens is 538 g/mol. The molecule has 1 aliphatic heterocycles. The number of likely N-dealkylation sites (tertiary alicyclic amines) is 1. The number of nitrogens with zero attached hydrogens (tertiary/aromatic N) is 6. The second-order valence-electron chi connectivity index (χ2n) is 11.3. The molecule has 3 aromatic heterocycles. The number of fused-ring (bicyclic) bond motifs is 2. The lowest BCUT2D eigenvalue weighted by atomic mass is 9.99. The number of rotatable bonds is 9. The molecule has 0 unspecified atom stereocenters. The largest absolute Gasteiger partial charge is 0.368 e. The van der Waals surface area contributed by atoms with Gasteiger partial charge in [0.1, 0.15) is 0 Å². The molecule has 1 amide bonds. The van der Waals surface area contributed by atoms with Crippen molar-refractivity contribution in [2.45, 2.75) is 45.6 Å². The number of benzene rings is 2. The van der Waals surface area contributed by atoms with E-state index in [2.05, 4.69) is 56.6 Å². The Morgan fingerprint density at radius 1 is 1.07 bits per heavy atom. The van der Waals surface area contributed by atoms with Crippen LogP contribution in [0.2, 0.25) is 0 Å². The summed E-state index contributed by atoms with van der Waals surface area (Å²) in [6, 6.07) is 16.0. The van der Waals surface area contributed by atoms with Gasteiger partial charge < -0.3 is 16.4 Å². The van der Waals surface area contributed by atoms with Crippen LogP contribution in [0.3, 0.4) is 0 Å². The first-order valence-electron chi connectivity index (χ1n) is 14.9. The highest BCUT2D eigenvalue weighted by Crippen LogP contribution is 2.31. The number of nitrogens with two attached hydrogens (primary N) is 1. The Labute approximate surface area is 251 Å². The molecule has 4 heterocycles. The van der Waals surface area contributed by atoms with E-state index in [0.717, 1.165) is 58.5 Å². The Hall–Kier alpha value is -4.83. The summed E-state index contributed by atoms with van der Waals surface area (Å²) in [4.78, 5) is 28.6. The lowest BCUT2D eigenvalue weighted by Gasteiger charge is -2.24. The van der Waals surface area contributed by atoms with E-state index in [1.54, 1.807) is 16.8 Å². The first-order valence-corrected chi connectivity index (χ1v) is 14.9. The molecule has 0 saturated carbocycles. The molecule has 6 rings (SSSR count). The minimum atomic E-state index is -0.126. The maximum Gasteiger partial charge on any atom is 0.248 e. The smallest absolute Gasteiger partial charge is 0.248 e. The number of hydrogen-bond acceptors (Lipinski definition) is 8. The summed E-state index contributed by atoms with van der Waals surface area (Å²) in [6.07, 6.45) is 11.0. The molecule has 1 aliphatic rings. The van der Waals surface area contributed by atoms with Crippen LogP contribution in [0.1, 0.15) is 50.2 Å². The lowest BCUT2D eigenvalue weighted by molar-refractivity contribution is -0.111. The second-order valence-corrected chi connectivity index (χ2v) is 11.3. The zero-order valence-corrected chi connectivity index (χ0v) is 24.6. The zero-order valence-electron chi connectivity index (χ0n) is 24.6. The van der Waals surface area contributed by atoms with Crippen LogP contribution in [-0.2, 0) is 11.3 Å². The molecule has 220 valence electrons. The van der Waals surface area contributed by atoms with Gasteiger partial charge in [-0.25, -0.2) is 0 Å². The predicted octanol–water partition coefficient (Wildman–Crippen LogP) is 5.64. The average molecular weight is 576 g/mol. The van der Waals surface area contributed by atoms with Gasteiger partial charge in [-0.15, -0.1) is 0 Å². The predicted molar refractivity (Wildman–Crippen MR) is 172 cm³/mol. The SMILES string of the molecule is CC(C)c1cnn2c(NCc3ccccc3-c3nccc4cc(NC(=O)/C=C/CN5CCCCC5)ccc34)nc(N)nc12.